The molecule has 0 aliphatic rings. The Kier molecular flexibility index (Phi) is 5.22. The number of aromatic hydroxyl groups is 1. The fourth-order valence-corrected chi connectivity index (χ4v) is 2.44. The molecule has 0 saturated heterocycles. The summed E-state index contributed by atoms with van der Waals surface area (Å²) in [5, 5.41) is 13.7. The van der Waals surface area contributed by atoms with Gasteiger partial charge in [0.15, 0.2) is 5.11 Å². The molecule has 0 bridgehead atoms. The molecular formula is C17H20N2O2S. The Hall–Kier alpha value is -2.27. The third-order valence-corrected chi connectivity index (χ3v) is 4.03. The molecule has 0 aliphatic carbocycles. The van der Waals surface area contributed by atoms with E-state index >= 15 is 0 Å². The van der Waals surface area contributed by atoms with Gasteiger partial charge in [0.25, 0.3) is 0 Å². The number of methoxy groups -OCH3 is 1. The number of hydrogen-bond donors (Lipinski definition) is 2. The summed E-state index contributed by atoms with van der Waals surface area (Å²) in [6.45, 7) is 1.99. The molecule has 2 rings (SSSR count). The molecule has 1 atom stereocenters. The molecule has 22 heavy (non-hydrogen) atoms. The topological polar surface area (TPSA) is 44.7 Å². The first-order valence-corrected chi connectivity index (χ1v) is 7.40. The van der Waals surface area contributed by atoms with Crippen LogP contribution in [0.15, 0.2) is 48.5 Å². The van der Waals surface area contributed by atoms with Crippen LogP contribution in [0.25, 0.3) is 0 Å². The van der Waals surface area contributed by atoms with E-state index in [2.05, 4.69) is 5.32 Å². The maximum absolute atomic E-state index is 9.97. The lowest BCUT2D eigenvalue weighted by Gasteiger charge is -2.28. The van der Waals surface area contributed by atoms with Crippen LogP contribution in [-0.2, 0) is 0 Å². The molecule has 2 aromatic carbocycles. The van der Waals surface area contributed by atoms with E-state index in [-0.39, 0.29) is 11.8 Å². The Balaban J connectivity index is 2.14. The molecule has 5 heteroatoms. The first-order chi connectivity index (χ1) is 10.5. The van der Waals surface area contributed by atoms with Crippen molar-refractivity contribution in [2.24, 2.45) is 0 Å². The second kappa shape index (κ2) is 7.13. The molecule has 116 valence electrons. The van der Waals surface area contributed by atoms with Crippen LogP contribution in [0.2, 0.25) is 0 Å². The van der Waals surface area contributed by atoms with Gasteiger partial charge >= 0.3 is 0 Å². The van der Waals surface area contributed by atoms with Crippen molar-refractivity contribution in [2.75, 3.05) is 19.5 Å². The highest BCUT2D eigenvalue weighted by Crippen LogP contribution is 2.29. The van der Waals surface area contributed by atoms with Crippen LogP contribution in [0.4, 0.5) is 5.69 Å². The van der Waals surface area contributed by atoms with Crippen molar-refractivity contribution in [3.63, 3.8) is 0 Å². The average molecular weight is 316 g/mol. The van der Waals surface area contributed by atoms with Crippen molar-refractivity contribution >= 4 is 23.0 Å². The van der Waals surface area contributed by atoms with Gasteiger partial charge in [0.2, 0.25) is 0 Å². The first kappa shape index (κ1) is 16.1. The normalized spacial score (nSPS) is 11.6. The zero-order valence-electron chi connectivity index (χ0n) is 12.9. The minimum absolute atomic E-state index is 0.0593. The van der Waals surface area contributed by atoms with Crippen LogP contribution in [0.5, 0.6) is 11.5 Å². The van der Waals surface area contributed by atoms with Crippen molar-refractivity contribution in [2.45, 2.75) is 13.0 Å². The quantitative estimate of drug-likeness (QED) is 0.840. The van der Waals surface area contributed by atoms with Gasteiger partial charge < -0.3 is 20.1 Å². The van der Waals surface area contributed by atoms with Gasteiger partial charge in [0.1, 0.15) is 11.5 Å². The third-order valence-electron chi connectivity index (χ3n) is 3.64. The van der Waals surface area contributed by atoms with Crippen molar-refractivity contribution < 1.29 is 9.84 Å². The van der Waals surface area contributed by atoms with Gasteiger partial charge in [-0.3, -0.25) is 0 Å². The van der Waals surface area contributed by atoms with Gasteiger partial charge in [-0.05, 0) is 37.3 Å². The number of benzene rings is 2. The van der Waals surface area contributed by atoms with Crippen LogP contribution in [0.3, 0.4) is 0 Å². The van der Waals surface area contributed by atoms with E-state index in [0.717, 1.165) is 17.0 Å². The fraction of sp³-hybridized carbons (Fsp3) is 0.235. The number of rotatable bonds is 4. The summed E-state index contributed by atoms with van der Waals surface area (Å²) in [6, 6.07) is 14.8. The van der Waals surface area contributed by atoms with Gasteiger partial charge in [-0.2, -0.15) is 0 Å². The summed E-state index contributed by atoms with van der Waals surface area (Å²) in [4.78, 5) is 1.90. The first-order valence-electron chi connectivity index (χ1n) is 6.99. The average Bonchev–Trinajstić information content (AvgIpc) is 2.54. The molecule has 0 unspecified atom stereocenters. The molecule has 0 amide bonds. The van der Waals surface area contributed by atoms with Crippen LogP contribution in [0, 0.1) is 0 Å². The molecule has 0 aromatic heterocycles. The number of nitrogens with one attached hydrogen (secondary N) is 1. The number of ether oxygens (including phenoxy) is 1. The number of phenols is 1. The highest BCUT2D eigenvalue weighted by molar-refractivity contribution is 7.80. The molecule has 0 aliphatic heterocycles. The van der Waals surface area contributed by atoms with Crippen molar-refractivity contribution in [1.29, 1.82) is 0 Å². The van der Waals surface area contributed by atoms with Crippen LogP contribution in [0.1, 0.15) is 18.5 Å². The predicted octanol–water partition coefficient (Wildman–Crippen LogP) is 3.79. The van der Waals surface area contributed by atoms with E-state index < -0.39 is 0 Å². The van der Waals surface area contributed by atoms with Gasteiger partial charge in [-0.1, -0.05) is 30.3 Å². The summed E-state index contributed by atoms with van der Waals surface area (Å²) in [5.41, 5.74) is 1.64. The maximum atomic E-state index is 9.97. The summed E-state index contributed by atoms with van der Waals surface area (Å²) in [7, 11) is 3.51. The standard InChI is InChI=1S/C17H20N2O2S/c1-12(13-8-4-6-10-15(13)20)19(2)17(22)18-14-9-5-7-11-16(14)21-3/h4-12,20H,1-3H3,(H,18,22)/t12-/m0/s1. The van der Waals surface area contributed by atoms with E-state index in [1.165, 1.54) is 0 Å². The molecule has 4 nitrogen and oxygen atoms in total. The number of phenolic OH excluding ortho intramolecular Hbond substituents is 1. The summed E-state index contributed by atoms with van der Waals surface area (Å²) in [5.74, 6) is 0.996. The van der Waals surface area contributed by atoms with E-state index in [1.807, 2.05) is 55.3 Å². The second-order valence-electron chi connectivity index (χ2n) is 4.98. The van der Waals surface area contributed by atoms with Gasteiger partial charge in [0.05, 0.1) is 18.8 Å². The maximum Gasteiger partial charge on any atom is 0.173 e. The number of thiocarbonyl (C=S) groups is 1. The molecule has 2 aromatic rings. The zero-order chi connectivity index (χ0) is 16.1. The Morgan fingerprint density at radius 1 is 1.18 bits per heavy atom. The smallest absolute Gasteiger partial charge is 0.173 e. The lowest BCUT2D eigenvalue weighted by atomic mass is 10.1. The van der Waals surface area contributed by atoms with Crippen molar-refractivity contribution in [3.05, 3.63) is 54.1 Å². The number of hydrogen-bond acceptors (Lipinski definition) is 3. The minimum Gasteiger partial charge on any atom is -0.508 e. The van der Waals surface area contributed by atoms with Crippen LogP contribution >= 0.6 is 12.2 Å². The molecule has 0 radical (unpaired) electrons. The molecular weight excluding hydrogens is 296 g/mol. The monoisotopic (exact) mass is 316 g/mol. The van der Waals surface area contributed by atoms with Gasteiger partial charge in [0, 0.05) is 12.6 Å². The summed E-state index contributed by atoms with van der Waals surface area (Å²) >= 11 is 5.46. The highest BCUT2D eigenvalue weighted by atomic mass is 32.1. The van der Waals surface area contributed by atoms with Gasteiger partial charge in [-0.15, -0.1) is 0 Å². The second-order valence-corrected chi connectivity index (χ2v) is 5.36. The zero-order valence-corrected chi connectivity index (χ0v) is 13.7. The Morgan fingerprint density at radius 2 is 1.82 bits per heavy atom. The third kappa shape index (κ3) is 3.49. The minimum atomic E-state index is -0.0593. The van der Waals surface area contributed by atoms with Gasteiger partial charge in [-0.25, -0.2) is 0 Å². The number of anilines is 1. The molecule has 0 heterocycles. The Labute approximate surface area is 136 Å². The Bertz CT molecular complexity index is 661. The van der Waals surface area contributed by atoms with Crippen LogP contribution in [-0.4, -0.2) is 29.3 Å². The number of para-hydroxylation sites is 3. The van der Waals surface area contributed by atoms with Crippen LogP contribution < -0.4 is 10.1 Å². The SMILES string of the molecule is COc1ccccc1NC(=S)N(C)[C@@H](C)c1ccccc1O. The summed E-state index contributed by atoms with van der Waals surface area (Å²) < 4.78 is 5.31. The van der Waals surface area contributed by atoms with Crippen molar-refractivity contribution in [1.82, 2.24) is 4.90 Å². The lowest BCUT2D eigenvalue weighted by molar-refractivity contribution is 0.384. The molecule has 2 N–H and O–H groups in total. The molecule has 0 saturated carbocycles. The summed E-state index contributed by atoms with van der Waals surface area (Å²) in [6.07, 6.45) is 0. The van der Waals surface area contributed by atoms with Crippen molar-refractivity contribution in [3.8, 4) is 11.5 Å². The fourth-order valence-electron chi connectivity index (χ4n) is 2.18. The van der Waals surface area contributed by atoms with E-state index in [1.54, 1.807) is 19.2 Å². The number of nitrogens with zero attached hydrogens (tertiary/aromatic N) is 1. The van der Waals surface area contributed by atoms with E-state index in [4.69, 9.17) is 17.0 Å². The highest BCUT2D eigenvalue weighted by Gasteiger charge is 2.18. The van der Waals surface area contributed by atoms with E-state index in [9.17, 15) is 5.11 Å². The lowest BCUT2D eigenvalue weighted by Crippen LogP contribution is -2.33. The van der Waals surface area contributed by atoms with E-state index in [0.29, 0.717) is 5.11 Å². The Morgan fingerprint density at radius 3 is 2.50 bits per heavy atom. The largest absolute Gasteiger partial charge is 0.508 e. The molecule has 0 spiro atoms. The molecule has 0 fully saturated rings. The predicted molar refractivity (Wildman–Crippen MR) is 93.5 cm³/mol.